The molecule has 0 fully saturated rings. The number of thiocarbonyl (C=S) groups is 1. The number of nitrogens with two attached hydrogens (primary N) is 1. The third-order valence-corrected chi connectivity index (χ3v) is 2.90. The van der Waals surface area contributed by atoms with E-state index in [0.717, 1.165) is 10.6 Å². The molecule has 0 saturated carbocycles. The molecule has 0 saturated heterocycles. The van der Waals surface area contributed by atoms with Crippen molar-refractivity contribution >= 4 is 35.1 Å². The Bertz CT molecular complexity index is 391. The zero-order chi connectivity index (χ0) is 12.7. The lowest BCUT2D eigenvalue weighted by atomic mass is 10.4. The molecule has 7 heteroatoms. The topological polar surface area (TPSA) is 63.7 Å². The van der Waals surface area contributed by atoms with Crippen LogP contribution in [0, 0.1) is 6.92 Å². The first kappa shape index (κ1) is 14.0. The summed E-state index contributed by atoms with van der Waals surface area (Å²) < 4.78 is 9.39. The van der Waals surface area contributed by atoms with E-state index in [1.165, 1.54) is 11.5 Å². The Kier molecular flexibility index (Phi) is 6.03. The summed E-state index contributed by atoms with van der Waals surface area (Å²) in [5.41, 5.74) is 6.54. The van der Waals surface area contributed by atoms with Gasteiger partial charge in [0.15, 0.2) is 5.11 Å². The molecule has 0 bridgehead atoms. The van der Waals surface area contributed by atoms with Crippen molar-refractivity contribution in [2.75, 3.05) is 19.8 Å². The Labute approximate surface area is 110 Å². The SMILES string of the molecule is CCOCCN(/N=C/c1cc(C)ns1)C(N)=S. The van der Waals surface area contributed by atoms with Crippen molar-refractivity contribution in [3.8, 4) is 0 Å². The number of hydrazone groups is 1. The summed E-state index contributed by atoms with van der Waals surface area (Å²) in [4.78, 5) is 0.972. The van der Waals surface area contributed by atoms with E-state index in [0.29, 0.717) is 19.8 Å². The molecule has 0 aliphatic rings. The van der Waals surface area contributed by atoms with Gasteiger partial charge in [0.2, 0.25) is 0 Å². The Morgan fingerprint density at radius 3 is 3.06 bits per heavy atom. The highest BCUT2D eigenvalue weighted by Crippen LogP contribution is 2.06. The summed E-state index contributed by atoms with van der Waals surface area (Å²) in [5, 5.41) is 5.99. The quantitative estimate of drug-likeness (QED) is 0.367. The van der Waals surface area contributed by atoms with Crippen molar-refractivity contribution in [2.24, 2.45) is 10.8 Å². The van der Waals surface area contributed by atoms with Gasteiger partial charge in [0, 0.05) is 6.61 Å². The van der Waals surface area contributed by atoms with Crippen molar-refractivity contribution in [3.63, 3.8) is 0 Å². The van der Waals surface area contributed by atoms with Crippen LogP contribution >= 0.6 is 23.8 Å². The van der Waals surface area contributed by atoms with Crippen LogP contribution in [0.3, 0.4) is 0 Å². The van der Waals surface area contributed by atoms with Crippen LogP contribution in [0.5, 0.6) is 0 Å². The van der Waals surface area contributed by atoms with Gasteiger partial charge in [-0.1, -0.05) is 0 Å². The van der Waals surface area contributed by atoms with Gasteiger partial charge in [-0.3, -0.25) is 0 Å². The van der Waals surface area contributed by atoms with Gasteiger partial charge >= 0.3 is 0 Å². The van der Waals surface area contributed by atoms with Gasteiger partial charge < -0.3 is 10.5 Å². The largest absolute Gasteiger partial charge is 0.380 e. The number of aromatic nitrogens is 1. The standard InChI is InChI=1S/C10H16N4OS2/c1-3-15-5-4-14(10(11)16)12-7-9-6-8(2)13-17-9/h6-7H,3-5H2,1-2H3,(H2,11,16)/b12-7+. The molecule has 1 heterocycles. The molecule has 1 aromatic rings. The molecule has 1 aromatic heterocycles. The molecule has 0 unspecified atom stereocenters. The van der Waals surface area contributed by atoms with Gasteiger partial charge in [0.25, 0.3) is 0 Å². The Balaban J connectivity index is 2.54. The maximum Gasteiger partial charge on any atom is 0.187 e. The summed E-state index contributed by atoms with van der Waals surface area (Å²) >= 11 is 6.30. The summed E-state index contributed by atoms with van der Waals surface area (Å²) in [6.07, 6.45) is 1.70. The molecule has 5 nitrogen and oxygen atoms in total. The lowest BCUT2D eigenvalue weighted by Crippen LogP contribution is -2.33. The number of hydrogen-bond acceptors (Lipinski definition) is 5. The molecular weight excluding hydrogens is 256 g/mol. The highest BCUT2D eigenvalue weighted by molar-refractivity contribution is 7.80. The van der Waals surface area contributed by atoms with Crippen LogP contribution in [0.1, 0.15) is 17.5 Å². The second-order valence-corrected chi connectivity index (χ2v) is 4.53. The van der Waals surface area contributed by atoms with Crippen molar-refractivity contribution in [1.82, 2.24) is 9.38 Å². The minimum atomic E-state index is 0.238. The number of nitrogens with zero attached hydrogens (tertiary/aromatic N) is 3. The van der Waals surface area contributed by atoms with E-state index >= 15 is 0 Å². The van der Waals surface area contributed by atoms with Crippen molar-refractivity contribution in [2.45, 2.75) is 13.8 Å². The Morgan fingerprint density at radius 1 is 1.76 bits per heavy atom. The second-order valence-electron chi connectivity index (χ2n) is 3.27. The third kappa shape index (κ3) is 5.20. The van der Waals surface area contributed by atoms with E-state index in [1.807, 2.05) is 19.9 Å². The second kappa shape index (κ2) is 7.31. The van der Waals surface area contributed by atoms with Gasteiger partial charge in [0.1, 0.15) is 0 Å². The van der Waals surface area contributed by atoms with Crippen LogP contribution in [0.15, 0.2) is 11.2 Å². The maximum absolute atomic E-state index is 5.56. The molecule has 17 heavy (non-hydrogen) atoms. The predicted molar refractivity (Wildman–Crippen MR) is 74.4 cm³/mol. The lowest BCUT2D eigenvalue weighted by Gasteiger charge is -2.15. The zero-order valence-corrected chi connectivity index (χ0v) is 11.6. The van der Waals surface area contributed by atoms with Gasteiger partial charge in [-0.2, -0.15) is 9.47 Å². The predicted octanol–water partition coefficient (Wildman–Crippen LogP) is 1.37. The van der Waals surface area contributed by atoms with Gasteiger partial charge in [0.05, 0.1) is 29.9 Å². The molecular formula is C10H16N4OS2. The molecule has 1 rings (SSSR count). The van der Waals surface area contributed by atoms with E-state index in [1.54, 1.807) is 11.2 Å². The molecule has 0 spiro atoms. The van der Waals surface area contributed by atoms with Crippen LogP contribution in [0.4, 0.5) is 0 Å². The van der Waals surface area contributed by atoms with Crippen LogP contribution in [-0.2, 0) is 4.74 Å². The molecule has 94 valence electrons. The third-order valence-electron chi connectivity index (χ3n) is 1.88. The van der Waals surface area contributed by atoms with E-state index in [4.69, 9.17) is 22.7 Å². The minimum absolute atomic E-state index is 0.238. The summed E-state index contributed by atoms with van der Waals surface area (Å²) in [6.45, 7) is 5.65. The number of rotatable bonds is 6. The van der Waals surface area contributed by atoms with E-state index in [-0.39, 0.29) is 5.11 Å². The number of aryl methyl sites for hydroxylation is 1. The minimum Gasteiger partial charge on any atom is -0.380 e. The zero-order valence-electron chi connectivity index (χ0n) is 9.92. The Hall–Kier alpha value is -1.05. The highest BCUT2D eigenvalue weighted by Gasteiger charge is 2.03. The lowest BCUT2D eigenvalue weighted by molar-refractivity contribution is 0.133. The average molecular weight is 272 g/mol. The van der Waals surface area contributed by atoms with Gasteiger partial charge in [-0.05, 0) is 43.7 Å². The molecule has 0 atom stereocenters. The molecule has 0 aliphatic carbocycles. The van der Waals surface area contributed by atoms with Crippen molar-refractivity contribution < 1.29 is 4.74 Å². The fourth-order valence-corrected chi connectivity index (χ4v) is 1.85. The highest BCUT2D eigenvalue weighted by atomic mass is 32.1. The summed E-state index contributed by atoms with van der Waals surface area (Å²) in [7, 11) is 0. The monoisotopic (exact) mass is 272 g/mol. The first-order valence-corrected chi connectivity index (χ1v) is 6.43. The van der Waals surface area contributed by atoms with E-state index < -0.39 is 0 Å². The van der Waals surface area contributed by atoms with E-state index in [2.05, 4.69) is 9.47 Å². The number of ether oxygens (including phenoxy) is 1. The first-order valence-electron chi connectivity index (χ1n) is 5.25. The maximum atomic E-state index is 5.56. The normalized spacial score (nSPS) is 10.9. The molecule has 0 aromatic carbocycles. The van der Waals surface area contributed by atoms with Crippen LogP contribution in [-0.4, -0.2) is 40.5 Å². The van der Waals surface area contributed by atoms with Gasteiger partial charge in [-0.25, -0.2) is 5.01 Å². The first-order chi connectivity index (χ1) is 8.13. The molecule has 2 N–H and O–H groups in total. The van der Waals surface area contributed by atoms with Crippen LogP contribution in [0.25, 0.3) is 0 Å². The molecule has 0 radical (unpaired) electrons. The molecule has 0 aliphatic heterocycles. The van der Waals surface area contributed by atoms with Crippen LogP contribution < -0.4 is 5.73 Å². The smallest absolute Gasteiger partial charge is 0.187 e. The summed E-state index contributed by atoms with van der Waals surface area (Å²) in [6, 6.07) is 1.95. The molecule has 0 amide bonds. The average Bonchev–Trinajstić information content (AvgIpc) is 2.69. The fraction of sp³-hybridized carbons (Fsp3) is 0.500. The van der Waals surface area contributed by atoms with Gasteiger partial charge in [-0.15, -0.1) is 0 Å². The van der Waals surface area contributed by atoms with Crippen molar-refractivity contribution in [1.29, 1.82) is 0 Å². The summed E-state index contributed by atoms with van der Waals surface area (Å²) in [5.74, 6) is 0. The Morgan fingerprint density at radius 2 is 2.53 bits per heavy atom. The van der Waals surface area contributed by atoms with E-state index in [9.17, 15) is 0 Å². The van der Waals surface area contributed by atoms with Crippen molar-refractivity contribution in [3.05, 3.63) is 16.6 Å². The fourth-order valence-electron chi connectivity index (χ4n) is 1.09. The van der Waals surface area contributed by atoms with Crippen LogP contribution in [0.2, 0.25) is 0 Å². The number of hydrogen-bond donors (Lipinski definition) is 1.